The molecule has 1 atom stereocenters. The fourth-order valence-electron chi connectivity index (χ4n) is 4.33. The van der Waals surface area contributed by atoms with Crippen LogP contribution in [0.3, 0.4) is 0 Å². The van der Waals surface area contributed by atoms with Gasteiger partial charge in [0.15, 0.2) is 17.3 Å². The Hall–Kier alpha value is -3.06. The summed E-state index contributed by atoms with van der Waals surface area (Å²) in [6.45, 7) is 2.20. The van der Waals surface area contributed by atoms with Gasteiger partial charge in [0.2, 0.25) is 12.7 Å². The number of morpholine rings is 1. The number of ketones is 1. The largest absolute Gasteiger partial charge is 0.491 e. The van der Waals surface area contributed by atoms with Crippen LogP contribution in [0.1, 0.15) is 34.3 Å². The predicted molar refractivity (Wildman–Crippen MR) is 112 cm³/mol. The fourth-order valence-corrected chi connectivity index (χ4v) is 4.33. The number of nitrogens with zero attached hydrogens (tertiary/aromatic N) is 1. The van der Waals surface area contributed by atoms with Gasteiger partial charge in [-0.25, -0.2) is 0 Å². The van der Waals surface area contributed by atoms with Gasteiger partial charge in [-0.15, -0.1) is 0 Å². The molecule has 1 aliphatic carbocycles. The van der Waals surface area contributed by atoms with Crippen LogP contribution in [0.2, 0.25) is 0 Å². The fraction of sp³-hybridized carbons (Fsp3) is 0.417. The Kier molecular flexibility index (Phi) is 5.51. The first kappa shape index (κ1) is 19.9. The van der Waals surface area contributed by atoms with Crippen LogP contribution in [0, 0.1) is 0 Å². The molecule has 1 unspecified atom stereocenters. The van der Waals surface area contributed by atoms with Crippen molar-refractivity contribution in [1.29, 1.82) is 0 Å². The van der Waals surface area contributed by atoms with Crippen LogP contribution in [-0.2, 0) is 22.4 Å². The number of hydrogen-bond acceptors (Lipinski definition) is 6. The molecule has 0 radical (unpaired) electrons. The number of carbonyl (C=O) groups is 2. The van der Waals surface area contributed by atoms with Crippen molar-refractivity contribution >= 4 is 11.7 Å². The van der Waals surface area contributed by atoms with Gasteiger partial charge in [-0.3, -0.25) is 9.59 Å². The molecule has 0 aromatic heterocycles. The normalized spacial score (nSPS) is 19.4. The Labute approximate surface area is 180 Å². The van der Waals surface area contributed by atoms with E-state index in [0.29, 0.717) is 45.6 Å². The lowest BCUT2D eigenvalue weighted by atomic mass is 10.1. The molecule has 2 aliphatic heterocycles. The standard InChI is InChI=1S/C24H25NO6/c26-20-7-6-19-18(20)2-1-3-21(19)29-14-17-13-25(10-11-28-17)24(27)9-5-16-4-8-22-23(12-16)31-15-30-22/h1-4,8,12,17H,5-7,9-11,13-15H2. The molecule has 7 heteroatoms. The minimum Gasteiger partial charge on any atom is -0.491 e. The molecular formula is C24H25NO6. The summed E-state index contributed by atoms with van der Waals surface area (Å²) in [5.41, 5.74) is 2.81. The number of fused-ring (bicyclic) bond motifs is 2. The summed E-state index contributed by atoms with van der Waals surface area (Å²) in [6.07, 6.45) is 2.16. The van der Waals surface area contributed by atoms with Crippen LogP contribution < -0.4 is 14.2 Å². The summed E-state index contributed by atoms with van der Waals surface area (Å²) < 4.78 is 22.6. The molecular weight excluding hydrogens is 398 g/mol. The van der Waals surface area contributed by atoms with E-state index in [1.165, 1.54) is 0 Å². The molecule has 1 amide bonds. The Bertz CT molecular complexity index is 1000. The summed E-state index contributed by atoms with van der Waals surface area (Å²) in [4.78, 5) is 26.5. The Morgan fingerprint density at radius 3 is 2.97 bits per heavy atom. The van der Waals surface area contributed by atoms with Crippen LogP contribution in [-0.4, -0.2) is 55.8 Å². The second-order valence-corrected chi connectivity index (χ2v) is 8.04. The van der Waals surface area contributed by atoms with Crippen molar-refractivity contribution in [2.45, 2.75) is 31.8 Å². The van der Waals surface area contributed by atoms with Crippen molar-refractivity contribution in [2.75, 3.05) is 33.1 Å². The topological polar surface area (TPSA) is 74.3 Å². The lowest BCUT2D eigenvalue weighted by molar-refractivity contribution is -0.139. The Balaban J connectivity index is 1.13. The van der Waals surface area contributed by atoms with Gasteiger partial charge in [-0.2, -0.15) is 0 Å². The van der Waals surface area contributed by atoms with Gasteiger partial charge >= 0.3 is 0 Å². The smallest absolute Gasteiger partial charge is 0.231 e. The van der Waals surface area contributed by atoms with Gasteiger partial charge in [0.05, 0.1) is 13.2 Å². The minimum atomic E-state index is -0.184. The van der Waals surface area contributed by atoms with E-state index < -0.39 is 0 Å². The van der Waals surface area contributed by atoms with Crippen molar-refractivity contribution in [3.8, 4) is 17.2 Å². The van der Waals surface area contributed by atoms with Gasteiger partial charge in [0, 0.05) is 30.5 Å². The average molecular weight is 423 g/mol. The van der Waals surface area contributed by atoms with Crippen molar-refractivity contribution < 1.29 is 28.5 Å². The molecule has 1 fully saturated rings. The summed E-state index contributed by atoms with van der Waals surface area (Å²) in [6, 6.07) is 11.4. The van der Waals surface area contributed by atoms with Crippen LogP contribution in [0.25, 0.3) is 0 Å². The summed E-state index contributed by atoms with van der Waals surface area (Å²) in [7, 11) is 0. The van der Waals surface area contributed by atoms with Crippen LogP contribution in [0.4, 0.5) is 0 Å². The van der Waals surface area contributed by atoms with Gasteiger partial charge < -0.3 is 23.8 Å². The van der Waals surface area contributed by atoms with Gasteiger partial charge in [0.25, 0.3) is 0 Å². The maximum atomic E-state index is 12.8. The van der Waals surface area contributed by atoms with Crippen molar-refractivity contribution in [1.82, 2.24) is 4.90 Å². The van der Waals surface area contributed by atoms with Crippen LogP contribution >= 0.6 is 0 Å². The Morgan fingerprint density at radius 1 is 1.13 bits per heavy atom. The monoisotopic (exact) mass is 423 g/mol. The van der Waals surface area contributed by atoms with Crippen molar-refractivity contribution in [3.63, 3.8) is 0 Å². The van der Waals surface area contributed by atoms with Gasteiger partial charge in [-0.05, 0) is 36.6 Å². The van der Waals surface area contributed by atoms with Gasteiger partial charge in [0.1, 0.15) is 18.5 Å². The van der Waals surface area contributed by atoms with E-state index in [2.05, 4.69) is 0 Å². The molecule has 162 valence electrons. The van der Waals surface area contributed by atoms with E-state index in [0.717, 1.165) is 40.4 Å². The number of rotatable bonds is 6. The van der Waals surface area contributed by atoms with Crippen molar-refractivity contribution in [2.24, 2.45) is 0 Å². The van der Waals surface area contributed by atoms with E-state index in [1.54, 1.807) is 0 Å². The number of carbonyl (C=O) groups excluding carboxylic acids is 2. The highest BCUT2D eigenvalue weighted by molar-refractivity contribution is 6.01. The summed E-state index contributed by atoms with van der Waals surface area (Å²) in [5, 5.41) is 0. The number of hydrogen-bond donors (Lipinski definition) is 0. The van der Waals surface area contributed by atoms with E-state index in [4.69, 9.17) is 18.9 Å². The molecule has 2 aromatic rings. The van der Waals surface area contributed by atoms with E-state index in [-0.39, 0.29) is 24.6 Å². The number of Topliss-reactive ketones (excluding diaryl/α,β-unsaturated/α-hetero) is 1. The third-order valence-electron chi connectivity index (χ3n) is 6.02. The lowest BCUT2D eigenvalue weighted by Crippen LogP contribution is -2.47. The van der Waals surface area contributed by atoms with Gasteiger partial charge in [-0.1, -0.05) is 18.2 Å². The highest BCUT2D eigenvalue weighted by Gasteiger charge is 2.27. The van der Waals surface area contributed by atoms with Crippen molar-refractivity contribution in [3.05, 3.63) is 53.1 Å². The first-order chi connectivity index (χ1) is 15.2. The summed E-state index contributed by atoms with van der Waals surface area (Å²) in [5.74, 6) is 2.52. The molecule has 1 saturated heterocycles. The zero-order chi connectivity index (χ0) is 21.2. The molecule has 5 rings (SSSR count). The predicted octanol–water partition coefficient (Wildman–Crippen LogP) is 2.78. The number of benzene rings is 2. The molecule has 0 saturated carbocycles. The molecule has 3 aliphatic rings. The minimum absolute atomic E-state index is 0.108. The second-order valence-electron chi connectivity index (χ2n) is 8.04. The first-order valence-corrected chi connectivity index (χ1v) is 10.7. The lowest BCUT2D eigenvalue weighted by Gasteiger charge is -2.33. The summed E-state index contributed by atoms with van der Waals surface area (Å²) >= 11 is 0. The first-order valence-electron chi connectivity index (χ1n) is 10.7. The molecule has 2 heterocycles. The molecule has 2 aromatic carbocycles. The van der Waals surface area contributed by atoms with Crippen LogP contribution in [0.15, 0.2) is 36.4 Å². The highest BCUT2D eigenvalue weighted by Crippen LogP contribution is 2.33. The Morgan fingerprint density at radius 2 is 2.03 bits per heavy atom. The third-order valence-corrected chi connectivity index (χ3v) is 6.02. The number of amides is 1. The molecule has 0 N–H and O–H groups in total. The zero-order valence-electron chi connectivity index (χ0n) is 17.3. The maximum Gasteiger partial charge on any atom is 0.231 e. The van der Waals surface area contributed by atoms with E-state index in [1.807, 2.05) is 41.3 Å². The third kappa shape index (κ3) is 4.23. The highest BCUT2D eigenvalue weighted by atomic mass is 16.7. The zero-order valence-corrected chi connectivity index (χ0v) is 17.3. The SMILES string of the molecule is O=C1CCc2c(OCC3CN(C(=O)CCc4ccc5c(c4)OCO5)CCO3)cccc21. The quantitative estimate of drug-likeness (QED) is 0.711. The average Bonchev–Trinajstić information content (AvgIpc) is 3.43. The van der Waals surface area contributed by atoms with E-state index >= 15 is 0 Å². The maximum absolute atomic E-state index is 12.8. The molecule has 0 bridgehead atoms. The second kappa shape index (κ2) is 8.59. The molecule has 0 spiro atoms. The van der Waals surface area contributed by atoms with Crippen LogP contribution in [0.5, 0.6) is 17.2 Å². The number of aryl methyl sites for hydroxylation is 1. The molecule has 7 nitrogen and oxygen atoms in total. The molecule has 31 heavy (non-hydrogen) atoms. The number of ether oxygens (including phenoxy) is 4. The van der Waals surface area contributed by atoms with E-state index in [9.17, 15) is 9.59 Å².